The molecular weight excluding hydrogens is 430 g/mol. The monoisotopic (exact) mass is 451 g/mol. The van der Waals surface area contributed by atoms with Crippen LogP contribution in [0, 0.1) is 0 Å². The van der Waals surface area contributed by atoms with Crippen molar-refractivity contribution in [2.75, 3.05) is 19.8 Å². The first-order valence-electron chi connectivity index (χ1n) is 10.00. The van der Waals surface area contributed by atoms with Crippen LogP contribution in [0.5, 0.6) is 17.2 Å². The lowest BCUT2D eigenvalue weighted by atomic mass is 10.2. The Morgan fingerprint density at radius 1 is 1.00 bits per heavy atom. The second kappa shape index (κ2) is 10.1. The van der Waals surface area contributed by atoms with E-state index in [0.29, 0.717) is 53.2 Å². The van der Waals surface area contributed by atoms with E-state index in [-0.39, 0.29) is 0 Å². The maximum atomic E-state index is 12.7. The predicted molar refractivity (Wildman–Crippen MR) is 118 cm³/mol. The Kier molecular flexibility index (Phi) is 6.76. The topological polar surface area (TPSA) is 98.8 Å². The van der Waals surface area contributed by atoms with E-state index in [2.05, 4.69) is 15.8 Å². The average Bonchev–Trinajstić information content (AvgIpc) is 2.83. The number of carbonyl (C=O) groups is 2. The Labute approximate surface area is 189 Å². The van der Waals surface area contributed by atoms with Crippen molar-refractivity contribution in [2.45, 2.75) is 16.8 Å². The van der Waals surface area contributed by atoms with E-state index in [0.717, 1.165) is 4.90 Å². The van der Waals surface area contributed by atoms with Crippen LogP contribution in [0.1, 0.15) is 27.6 Å². The lowest BCUT2D eigenvalue weighted by molar-refractivity contribution is 0.0844. The first-order chi connectivity index (χ1) is 15.6. The molecule has 0 atom stereocenters. The minimum atomic E-state index is -0.475. The van der Waals surface area contributed by atoms with Crippen molar-refractivity contribution in [3.8, 4) is 17.2 Å². The molecule has 3 aromatic rings. The van der Waals surface area contributed by atoms with Crippen LogP contribution in [0.4, 0.5) is 0 Å². The number of fused-ring (bicyclic) bond motifs is 1. The summed E-state index contributed by atoms with van der Waals surface area (Å²) < 4.78 is 16.5. The van der Waals surface area contributed by atoms with Gasteiger partial charge in [0.15, 0.2) is 11.5 Å². The highest BCUT2D eigenvalue weighted by atomic mass is 32.2. The lowest BCUT2D eigenvalue weighted by Crippen LogP contribution is -2.41. The molecule has 0 saturated heterocycles. The van der Waals surface area contributed by atoms with Gasteiger partial charge in [-0.3, -0.25) is 20.4 Å². The molecular formula is C23H21N3O5S. The highest BCUT2D eigenvalue weighted by Crippen LogP contribution is 2.37. The predicted octanol–water partition coefficient (Wildman–Crippen LogP) is 3.48. The zero-order chi connectivity index (χ0) is 22.3. The highest BCUT2D eigenvalue weighted by molar-refractivity contribution is 7.99. The molecule has 0 aliphatic carbocycles. The molecule has 1 aliphatic rings. The Bertz CT molecular complexity index is 1120. The lowest BCUT2D eigenvalue weighted by Gasteiger charge is -2.18. The van der Waals surface area contributed by atoms with Crippen molar-refractivity contribution >= 4 is 23.6 Å². The minimum absolute atomic E-state index is 0.333. The molecule has 164 valence electrons. The van der Waals surface area contributed by atoms with Gasteiger partial charge in [-0.05, 0) is 61.5 Å². The van der Waals surface area contributed by atoms with Crippen LogP contribution in [0.15, 0.2) is 70.7 Å². The van der Waals surface area contributed by atoms with Crippen molar-refractivity contribution < 1.29 is 23.8 Å². The number of nitrogens with zero attached hydrogens (tertiary/aromatic N) is 1. The molecule has 0 radical (unpaired) electrons. The second-order valence-electron chi connectivity index (χ2n) is 6.63. The average molecular weight is 452 g/mol. The first kappa shape index (κ1) is 21.5. The second-order valence-corrected chi connectivity index (χ2v) is 7.69. The summed E-state index contributed by atoms with van der Waals surface area (Å²) in [5, 5.41) is 0.497. The summed E-state index contributed by atoms with van der Waals surface area (Å²) >= 11 is 1.32. The summed E-state index contributed by atoms with van der Waals surface area (Å²) in [5.74, 6) is 1.11. The Morgan fingerprint density at radius 3 is 2.53 bits per heavy atom. The molecule has 0 bridgehead atoms. The fourth-order valence-electron chi connectivity index (χ4n) is 2.97. The fraction of sp³-hybridized carbons (Fsp3) is 0.174. The zero-order valence-electron chi connectivity index (χ0n) is 17.3. The van der Waals surface area contributed by atoms with Gasteiger partial charge in [0.05, 0.1) is 12.2 Å². The number of hydrogen-bond acceptors (Lipinski definition) is 7. The third-order valence-electron chi connectivity index (χ3n) is 4.46. The van der Waals surface area contributed by atoms with E-state index in [1.807, 2.05) is 25.1 Å². The van der Waals surface area contributed by atoms with Gasteiger partial charge >= 0.3 is 0 Å². The summed E-state index contributed by atoms with van der Waals surface area (Å²) in [6, 6.07) is 15.5. The summed E-state index contributed by atoms with van der Waals surface area (Å²) in [6.45, 7) is 3.44. The van der Waals surface area contributed by atoms with Crippen molar-refractivity contribution in [1.82, 2.24) is 15.8 Å². The van der Waals surface area contributed by atoms with Crippen LogP contribution in [0.25, 0.3) is 0 Å². The van der Waals surface area contributed by atoms with Gasteiger partial charge in [0.25, 0.3) is 11.8 Å². The van der Waals surface area contributed by atoms with Crippen LogP contribution >= 0.6 is 11.8 Å². The maximum absolute atomic E-state index is 12.7. The maximum Gasteiger partial charge on any atom is 0.272 e. The van der Waals surface area contributed by atoms with Crippen LogP contribution in [0.2, 0.25) is 0 Å². The third-order valence-corrected chi connectivity index (χ3v) is 5.47. The Balaban J connectivity index is 1.41. The van der Waals surface area contributed by atoms with Crippen molar-refractivity contribution in [3.05, 3.63) is 71.9 Å². The van der Waals surface area contributed by atoms with Gasteiger partial charge in [-0.15, -0.1) is 0 Å². The van der Waals surface area contributed by atoms with Gasteiger partial charge in [-0.1, -0.05) is 11.8 Å². The molecule has 2 heterocycles. The molecule has 1 aromatic heterocycles. The van der Waals surface area contributed by atoms with Crippen molar-refractivity contribution in [1.29, 1.82) is 0 Å². The van der Waals surface area contributed by atoms with Crippen LogP contribution in [-0.2, 0) is 0 Å². The summed E-state index contributed by atoms with van der Waals surface area (Å²) in [5.41, 5.74) is 5.60. The van der Waals surface area contributed by atoms with E-state index in [1.165, 1.54) is 11.8 Å². The largest absolute Gasteiger partial charge is 0.494 e. The van der Waals surface area contributed by atoms with Crippen LogP contribution in [-0.4, -0.2) is 36.6 Å². The van der Waals surface area contributed by atoms with Crippen molar-refractivity contribution in [3.63, 3.8) is 0 Å². The SMILES string of the molecule is CCOc1ccc(C(=O)NNC(=O)c2cccnc2Sc2ccc3c(c2)OCCO3)cc1. The number of rotatable bonds is 6. The quantitative estimate of drug-likeness (QED) is 0.554. The van der Waals surface area contributed by atoms with E-state index in [4.69, 9.17) is 14.2 Å². The van der Waals surface area contributed by atoms with Gasteiger partial charge < -0.3 is 14.2 Å². The number of amides is 2. The molecule has 0 saturated carbocycles. The molecule has 2 N–H and O–H groups in total. The molecule has 2 amide bonds. The molecule has 9 heteroatoms. The first-order valence-corrected chi connectivity index (χ1v) is 10.8. The number of hydrazine groups is 1. The number of hydrogen-bond donors (Lipinski definition) is 2. The molecule has 32 heavy (non-hydrogen) atoms. The van der Waals surface area contributed by atoms with Gasteiger partial charge in [0.2, 0.25) is 0 Å². The smallest absolute Gasteiger partial charge is 0.272 e. The standard InChI is InChI=1S/C23H21N3O5S/c1-2-29-16-7-5-15(6-8-16)21(27)25-26-22(28)18-4-3-11-24-23(18)32-17-9-10-19-20(14-17)31-13-12-30-19/h3-11,14H,2,12-13H2,1H3,(H,25,27)(H,26,28). The molecule has 0 spiro atoms. The normalized spacial score (nSPS) is 12.0. The number of carbonyl (C=O) groups excluding carboxylic acids is 2. The van der Waals surface area contributed by atoms with E-state index in [9.17, 15) is 9.59 Å². The van der Waals surface area contributed by atoms with Crippen molar-refractivity contribution in [2.24, 2.45) is 0 Å². The number of nitrogens with one attached hydrogen (secondary N) is 2. The van der Waals surface area contributed by atoms with Crippen LogP contribution < -0.4 is 25.1 Å². The zero-order valence-corrected chi connectivity index (χ0v) is 18.1. The van der Waals surface area contributed by atoms with E-state index in [1.54, 1.807) is 42.6 Å². The fourth-order valence-corrected chi connectivity index (χ4v) is 3.88. The minimum Gasteiger partial charge on any atom is -0.494 e. The van der Waals surface area contributed by atoms with Gasteiger partial charge in [-0.2, -0.15) is 0 Å². The summed E-state index contributed by atoms with van der Waals surface area (Å²) in [6.07, 6.45) is 1.61. The Hall–Kier alpha value is -3.72. The third kappa shape index (κ3) is 5.12. The number of benzene rings is 2. The van der Waals surface area contributed by atoms with Gasteiger partial charge in [0.1, 0.15) is 24.0 Å². The number of aromatic nitrogens is 1. The molecule has 0 fully saturated rings. The van der Waals surface area contributed by atoms with E-state index >= 15 is 0 Å². The van der Waals surface area contributed by atoms with Gasteiger partial charge in [-0.25, -0.2) is 4.98 Å². The summed E-state index contributed by atoms with van der Waals surface area (Å²) in [4.78, 5) is 30.2. The molecule has 4 rings (SSSR count). The van der Waals surface area contributed by atoms with Gasteiger partial charge in [0, 0.05) is 16.7 Å². The van der Waals surface area contributed by atoms with Crippen LogP contribution in [0.3, 0.4) is 0 Å². The molecule has 0 unspecified atom stereocenters. The molecule has 1 aliphatic heterocycles. The summed E-state index contributed by atoms with van der Waals surface area (Å²) in [7, 11) is 0. The highest BCUT2D eigenvalue weighted by Gasteiger charge is 2.17. The Morgan fingerprint density at radius 2 is 1.75 bits per heavy atom. The molecule has 2 aromatic carbocycles. The number of pyridine rings is 1. The number of ether oxygens (including phenoxy) is 3. The van der Waals surface area contributed by atoms with E-state index < -0.39 is 11.8 Å². The molecule has 8 nitrogen and oxygen atoms in total.